The van der Waals surface area contributed by atoms with Crippen molar-refractivity contribution in [3.63, 3.8) is 0 Å². The van der Waals surface area contributed by atoms with E-state index in [4.69, 9.17) is 4.74 Å². The van der Waals surface area contributed by atoms with Crippen LogP contribution in [0, 0.1) is 34.0 Å². The number of esters is 1. The summed E-state index contributed by atoms with van der Waals surface area (Å²) in [4.78, 5) is 11.9. The molecule has 8 atom stereocenters. The van der Waals surface area contributed by atoms with Crippen LogP contribution < -0.4 is 0 Å². The number of fused-ring (bicyclic) bond motifs is 3. The van der Waals surface area contributed by atoms with Crippen LogP contribution in [0.25, 0.3) is 0 Å². The van der Waals surface area contributed by atoms with Crippen molar-refractivity contribution in [3.8, 4) is 0 Å². The summed E-state index contributed by atoms with van der Waals surface area (Å²) < 4.78 is 5.91. The molecule has 2 bridgehead atoms. The number of hydrogen-bond donors (Lipinski definition) is 2. The smallest absolute Gasteiger partial charge is 0.302 e. The molecule has 4 fully saturated rings. The summed E-state index contributed by atoms with van der Waals surface area (Å²) in [5.74, 6) is 0.716. The molecule has 4 rings (SSSR count). The lowest BCUT2D eigenvalue weighted by molar-refractivity contribution is -0.235. The van der Waals surface area contributed by atoms with E-state index in [0.29, 0.717) is 17.8 Å². The van der Waals surface area contributed by atoms with E-state index in [1.807, 2.05) is 0 Å². The van der Waals surface area contributed by atoms with Crippen molar-refractivity contribution in [2.24, 2.45) is 34.0 Å². The van der Waals surface area contributed by atoms with Crippen molar-refractivity contribution < 1.29 is 19.7 Å². The molecule has 0 heterocycles. The van der Waals surface area contributed by atoms with Crippen LogP contribution >= 0.6 is 0 Å². The number of aliphatic hydroxyl groups is 2. The summed E-state index contributed by atoms with van der Waals surface area (Å²) in [7, 11) is 0. The predicted molar refractivity (Wildman–Crippen MR) is 99.2 cm³/mol. The molecule has 0 aromatic carbocycles. The maximum Gasteiger partial charge on any atom is 0.302 e. The number of carbonyl (C=O) groups is 1. The van der Waals surface area contributed by atoms with Gasteiger partial charge >= 0.3 is 5.97 Å². The van der Waals surface area contributed by atoms with E-state index in [9.17, 15) is 15.0 Å². The van der Waals surface area contributed by atoms with Gasteiger partial charge in [-0.1, -0.05) is 26.8 Å². The van der Waals surface area contributed by atoms with Gasteiger partial charge in [-0.2, -0.15) is 0 Å². The van der Waals surface area contributed by atoms with E-state index in [1.54, 1.807) is 0 Å². The summed E-state index contributed by atoms with van der Waals surface area (Å²) in [6.07, 6.45) is 6.21. The molecule has 4 aliphatic rings. The highest BCUT2D eigenvalue weighted by Crippen LogP contribution is 2.72. The van der Waals surface area contributed by atoms with Crippen LogP contribution in [0.15, 0.2) is 12.2 Å². The lowest BCUT2D eigenvalue weighted by atomic mass is 9.40. The van der Waals surface area contributed by atoms with E-state index in [-0.39, 0.29) is 34.9 Å². The number of ether oxygens (including phenoxy) is 1. The van der Waals surface area contributed by atoms with Crippen LogP contribution in [0.5, 0.6) is 0 Å². The van der Waals surface area contributed by atoms with E-state index < -0.39 is 6.10 Å². The zero-order valence-corrected chi connectivity index (χ0v) is 16.5. The average molecular weight is 363 g/mol. The fraction of sp³-hybridized carbons (Fsp3) is 0.864. The van der Waals surface area contributed by atoms with E-state index in [2.05, 4.69) is 20.4 Å². The van der Waals surface area contributed by atoms with Crippen LogP contribution in [-0.4, -0.2) is 35.0 Å². The summed E-state index contributed by atoms with van der Waals surface area (Å²) in [6.45, 7) is 10.5. The maximum absolute atomic E-state index is 11.9. The Labute approximate surface area is 157 Å². The summed E-state index contributed by atoms with van der Waals surface area (Å²) >= 11 is 0. The molecule has 0 radical (unpaired) electrons. The molecule has 4 saturated carbocycles. The molecule has 146 valence electrons. The topological polar surface area (TPSA) is 66.8 Å². The van der Waals surface area contributed by atoms with Crippen molar-refractivity contribution in [2.45, 2.75) is 77.9 Å². The molecule has 4 heteroatoms. The van der Waals surface area contributed by atoms with Crippen molar-refractivity contribution >= 4 is 5.97 Å². The van der Waals surface area contributed by atoms with Gasteiger partial charge in [-0.05, 0) is 72.7 Å². The standard InChI is InChI=1S/C22H34O4/c1-13-15-6-7-16-21(4)9-5-8-20(3,12-23)17(21)10-18(26-14(2)24)22(16,11-15)19(13)25/h15-19,23,25H,1,5-12H2,2-4H3/t15-,16+,17-,18+,19-,20-,21+,22-/m1/s1. The van der Waals surface area contributed by atoms with E-state index in [1.165, 1.54) is 6.92 Å². The van der Waals surface area contributed by atoms with Crippen molar-refractivity contribution in [1.82, 2.24) is 0 Å². The monoisotopic (exact) mass is 362 g/mol. The summed E-state index contributed by atoms with van der Waals surface area (Å²) in [5.41, 5.74) is 0.505. The van der Waals surface area contributed by atoms with Crippen LogP contribution in [0.4, 0.5) is 0 Å². The van der Waals surface area contributed by atoms with Crippen molar-refractivity contribution in [3.05, 3.63) is 12.2 Å². The lowest BCUT2D eigenvalue weighted by Gasteiger charge is -2.66. The first-order chi connectivity index (χ1) is 12.2. The molecule has 2 N–H and O–H groups in total. The first-order valence-corrected chi connectivity index (χ1v) is 10.3. The van der Waals surface area contributed by atoms with Gasteiger partial charge in [0.25, 0.3) is 0 Å². The largest absolute Gasteiger partial charge is 0.462 e. The summed E-state index contributed by atoms with van der Waals surface area (Å²) in [5, 5.41) is 21.5. The SMILES string of the molecule is C=C1[C@@H]2CC[C@H]3[C@]4(C)CCC[C@](C)(CO)[C@H]4C[C@H](OC(C)=O)[C@]3(C2)[C@@H]1O. The molecule has 0 aromatic rings. The molecule has 26 heavy (non-hydrogen) atoms. The first kappa shape index (κ1) is 18.5. The Bertz CT molecular complexity index is 630. The molecular weight excluding hydrogens is 328 g/mol. The Morgan fingerprint density at radius 3 is 2.65 bits per heavy atom. The lowest BCUT2D eigenvalue weighted by Crippen LogP contribution is -2.65. The molecule has 4 aliphatic carbocycles. The number of hydrogen-bond acceptors (Lipinski definition) is 4. The molecule has 0 saturated heterocycles. The Morgan fingerprint density at radius 1 is 1.27 bits per heavy atom. The van der Waals surface area contributed by atoms with Crippen molar-refractivity contribution in [1.29, 1.82) is 0 Å². The average Bonchev–Trinajstić information content (AvgIpc) is 2.78. The van der Waals surface area contributed by atoms with Crippen LogP contribution in [0.3, 0.4) is 0 Å². The third-order valence-corrected chi connectivity index (χ3v) is 9.05. The number of rotatable bonds is 2. The normalized spacial score (nSPS) is 53.0. The molecule has 0 aliphatic heterocycles. The number of aliphatic hydroxyl groups excluding tert-OH is 2. The van der Waals surface area contributed by atoms with Gasteiger partial charge in [-0.25, -0.2) is 0 Å². The second-order valence-electron chi connectivity index (χ2n) is 10.2. The molecular formula is C22H34O4. The fourth-order valence-corrected chi connectivity index (χ4v) is 7.94. The Hall–Kier alpha value is -0.870. The van der Waals surface area contributed by atoms with E-state index >= 15 is 0 Å². The first-order valence-electron chi connectivity index (χ1n) is 10.3. The molecule has 4 nitrogen and oxygen atoms in total. The van der Waals surface area contributed by atoms with Crippen LogP contribution in [0.2, 0.25) is 0 Å². The molecule has 0 amide bonds. The number of carbonyl (C=O) groups excluding carboxylic acids is 1. The Balaban J connectivity index is 1.84. The van der Waals surface area contributed by atoms with Gasteiger partial charge in [-0.3, -0.25) is 4.79 Å². The minimum atomic E-state index is -0.579. The Kier molecular flexibility index (Phi) is 4.13. The van der Waals surface area contributed by atoms with Gasteiger partial charge in [-0.15, -0.1) is 0 Å². The molecule has 1 spiro atoms. The van der Waals surface area contributed by atoms with Crippen LogP contribution in [-0.2, 0) is 9.53 Å². The van der Waals surface area contributed by atoms with E-state index in [0.717, 1.165) is 50.5 Å². The quantitative estimate of drug-likeness (QED) is 0.583. The minimum Gasteiger partial charge on any atom is -0.462 e. The zero-order chi connectivity index (χ0) is 18.9. The van der Waals surface area contributed by atoms with Crippen LogP contribution in [0.1, 0.15) is 65.7 Å². The summed E-state index contributed by atoms with van der Waals surface area (Å²) in [6, 6.07) is 0. The second-order valence-corrected chi connectivity index (χ2v) is 10.2. The maximum atomic E-state index is 11.9. The molecule has 0 aromatic heterocycles. The van der Waals surface area contributed by atoms with Gasteiger partial charge in [0.05, 0.1) is 6.10 Å². The highest BCUT2D eigenvalue weighted by Gasteiger charge is 2.70. The third-order valence-electron chi connectivity index (χ3n) is 9.05. The minimum absolute atomic E-state index is 0.0724. The highest BCUT2D eigenvalue weighted by molar-refractivity contribution is 5.66. The predicted octanol–water partition coefficient (Wildman–Crippen LogP) is 3.46. The van der Waals surface area contributed by atoms with Crippen molar-refractivity contribution in [2.75, 3.05) is 6.61 Å². The third kappa shape index (κ3) is 2.18. The highest BCUT2D eigenvalue weighted by atomic mass is 16.5. The van der Waals surface area contributed by atoms with Gasteiger partial charge in [0.15, 0.2) is 0 Å². The zero-order valence-electron chi connectivity index (χ0n) is 16.5. The van der Waals surface area contributed by atoms with Gasteiger partial charge < -0.3 is 14.9 Å². The van der Waals surface area contributed by atoms with Gasteiger partial charge in [0.1, 0.15) is 6.10 Å². The van der Waals surface area contributed by atoms with Gasteiger partial charge in [0.2, 0.25) is 0 Å². The second kappa shape index (κ2) is 5.81. The van der Waals surface area contributed by atoms with Gasteiger partial charge in [0, 0.05) is 18.9 Å². The Morgan fingerprint density at radius 2 is 2.00 bits per heavy atom. The molecule has 0 unspecified atom stereocenters. The fourth-order valence-electron chi connectivity index (χ4n) is 7.94.